The van der Waals surface area contributed by atoms with Gasteiger partial charge in [-0.1, -0.05) is 12.1 Å². The summed E-state index contributed by atoms with van der Waals surface area (Å²) < 4.78 is 43.7. The van der Waals surface area contributed by atoms with Gasteiger partial charge < -0.3 is 9.64 Å². The molecule has 8 heteroatoms. The van der Waals surface area contributed by atoms with Gasteiger partial charge in [0.15, 0.2) is 0 Å². The standard InChI is InChI=1S/C17H14F3N3O2/c1-25-15-14(3-2-8-22-15)16(24)23(11-17(18,19)20)10-13-6-4-12(9-21)5-7-13/h2-8H,10-11H2,1H3. The number of benzene rings is 1. The zero-order valence-corrected chi connectivity index (χ0v) is 13.2. The maximum Gasteiger partial charge on any atom is 0.406 e. The van der Waals surface area contributed by atoms with Crippen LogP contribution in [0.3, 0.4) is 0 Å². The van der Waals surface area contributed by atoms with E-state index in [1.54, 1.807) is 0 Å². The summed E-state index contributed by atoms with van der Waals surface area (Å²) in [4.78, 5) is 17.1. The van der Waals surface area contributed by atoms with Gasteiger partial charge in [-0.25, -0.2) is 4.98 Å². The van der Waals surface area contributed by atoms with E-state index in [0.717, 1.165) is 0 Å². The minimum absolute atomic E-state index is 0.0421. The molecule has 5 nitrogen and oxygen atoms in total. The molecule has 130 valence electrons. The number of halogens is 3. The van der Waals surface area contributed by atoms with Crippen LogP contribution in [-0.4, -0.2) is 35.6 Å². The Balaban J connectivity index is 2.31. The predicted molar refractivity (Wildman–Crippen MR) is 82.7 cm³/mol. The number of rotatable bonds is 5. The van der Waals surface area contributed by atoms with Crippen molar-refractivity contribution < 1.29 is 22.7 Å². The third kappa shape index (κ3) is 4.94. The zero-order valence-electron chi connectivity index (χ0n) is 13.2. The molecular weight excluding hydrogens is 335 g/mol. The average molecular weight is 349 g/mol. The molecule has 0 unspecified atom stereocenters. The molecule has 2 aromatic rings. The second-order valence-electron chi connectivity index (χ2n) is 5.15. The maximum absolute atomic E-state index is 12.9. The van der Waals surface area contributed by atoms with Gasteiger partial charge in [0.05, 0.1) is 18.7 Å². The Hall–Kier alpha value is -3.08. The summed E-state index contributed by atoms with van der Waals surface area (Å²) in [5.41, 5.74) is 0.800. The molecule has 1 aromatic heterocycles. The summed E-state index contributed by atoms with van der Waals surface area (Å²) in [6.45, 7) is -1.67. The molecule has 1 aromatic carbocycles. The predicted octanol–water partition coefficient (Wildman–Crippen LogP) is 3.17. The SMILES string of the molecule is COc1ncccc1C(=O)N(Cc1ccc(C#N)cc1)CC(F)(F)F. The van der Waals surface area contributed by atoms with E-state index in [1.165, 1.54) is 49.7 Å². The van der Waals surface area contributed by atoms with Crippen molar-refractivity contribution in [1.29, 1.82) is 5.26 Å². The number of methoxy groups -OCH3 is 1. The number of aromatic nitrogens is 1. The molecule has 25 heavy (non-hydrogen) atoms. The van der Waals surface area contributed by atoms with Crippen molar-refractivity contribution >= 4 is 5.91 Å². The minimum atomic E-state index is -4.56. The van der Waals surface area contributed by atoms with Gasteiger partial charge in [0.1, 0.15) is 12.1 Å². The molecular formula is C17H14F3N3O2. The highest BCUT2D eigenvalue weighted by molar-refractivity contribution is 5.96. The number of ether oxygens (including phenoxy) is 1. The molecule has 1 amide bonds. The molecule has 0 aliphatic carbocycles. The summed E-state index contributed by atoms with van der Waals surface area (Å²) >= 11 is 0. The third-order valence-electron chi connectivity index (χ3n) is 3.31. The third-order valence-corrected chi connectivity index (χ3v) is 3.31. The van der Waals surface area contributed by atoms with E-state index in [2.05, 4.69) is 4.98 Å². The van der Waals surface area contributed by atoms with Crippen LogP contribution in [0.1, 0.15) is 21.5 Å². The monoisotopic (exact) mass is 349 g/mol. The van der Waals surface area contributed by atoms with Crippen molar-refractivity contribution in [2.24, 2.45) is 0 Å². The summed E-state index contributed by atoms with van der Waals surface area (Å²) in [5, 5.41) is 8.77. The van der Waals surface area contributed by atoms with Crippen molar-refractivity contribution in [3.63, 3.8) is 0 Å². The van der Waals surface area contributed by atoms with Crippen LogP contribution >= 0.6 is 0 Å². The Morgan fingerprint density at radius 2 is 1.96 bits per heavy atom. The van der Waals surface area contributed by atoms with E-state index < -0.39 is 18.6 Å². The number of amides is 1. The summed E-state index contributed by atoms with van der Waals surface area (Å²) in [5.74, 6) is -0.883. The average Bonchev–Trinajstić information content (AvgIpc) is 2.60. The highest BCUT2D eigenvalue weighted by Crippen LogP contribution is 2.23. The Labute approximate surface area is 142 Å². The lowest BCUT2D eigenvalue weighted by Gasteiger charge is -2.24. The van der Waals surface area contributed by atoms with E-state index in [-0.39, 0.29) is 18.0 Å². The van der Waals surface area contributed by atoms with Crippen LogP contribution in [-0.2, 0) is 6.54 Å². The van der Waals surface area contributed by atoms with E-state index in [4.69, 9.17) is 10.00 Å². The first kappa shape index (κ1) is 18.3. The highest BCUT2D eigenvalue weighted by atomic mass is 19.4. The molecule has 2 rings (SSSR count). The number of pyridine rings is 1. The fourth-order valence-electron chi connectivity index (χ4n) is 2.21. The largest absolute Gasteiger partial charge is 0.480 e. The first-order valence-electron chi connectivity index (χ1n) is 7.18. The van der Waals surface area contributed by atoms with Crippen LogP contribution in [0.5, 0.6) is 5.88 Å². The van der Waals surface area contributed by atoms with Gasteiger partial charge in [-0.05, 0) is 29.8 Å². The molecule has 1 heterocycles. The molecule has 0 aliphatic rings. The van der Waals surface area contributed by atoms with Crippen LogP contribution < -0.4 is 4.74 Å². The van der Waals surface area contributed by atoms with Gasteiger partial charge in [-0.15, -0.1) is 0 Å². The Morgan fingerprint density at radius 3 is 2.52 bits per heavy atom. The lowest BCUT2D eigenvalue weighted by molar-refractivity contribution is -0.141. The Kier molecular flexibility index (Phi) is 5.60. The van der Waals surface area contributed by atoms with Gasteiger partial charge >= 0.3 is 6.18 Å². The number of carbonyl (C=O) groups excluding carboxylic acids is 1. The normalized spacial score (nSPS) is 10.8. The zero-order chi connectivity index (χ0) is 18.4. The second kappa shape index (κ2) is 7.66. The van der Waals surface area contributed by atoms with Gasteiger partial charge in [-0.2, -0.15) is 18.4 Å². The molecule has 0 radical (unpaired) electrons. The number of carbonyl (C=O) groups is 1. The van der Waals surface area contributed by atoms with Crippen molar-refractivity contribution in [3.05, 3.63) is 59.3 Å². The summed E-state index contributed by atoms with van der Waals surface area (Å²) in [6.07, 6.45) is -3.18. The van der Waals surface area contributed by atoms with Crippen molar-refractivity contribution in [1.82, 2.24) is 9.88 Å². The number of nitrogens with zero attached hydrogens (tertiary/aromatic N) is 3. The highest BCUT2D eigenvalue weighted by Gasteiger charge is 2.34. The minimum Gasteiger partial charge on any atom is -0.480 e. The van der Waals surface area contributed by atoms with Gasteiger partial charge in [0, 0.05) is 12.7 Å². The molecule has 0 spiro atoms. The van der Waals surface area contributed by atoms with E-state index >= 15 is 0 Å². The van der Waals surface area contributed by atoms with Crippen molar-refractivity contribution in [2.45, 2.75) is 12.7 Å². The quantitative estimate of drug-likeness (QED) is 0.832. The van der Waals surface area contributed by atoms with E-state index in [0.29, 0.717) is 16.0 Å². The van der Waals surface area contributed by atoms with Gasteiger partial charge in [0.25, 0.3) is 5.91 Å². The number of alkyl halides is 3. The van der Waals surface area contributed by atoms with Crippen LogP contribution in [0, 0.1) is 11.3 Å². The molecule has 0 atom stereocenters. The fourth-order valence-corrected chi connectivity index (χ4v) is 2.21. The van der Waals surface area contributed by atoms with Crippen LogP contribution in [0.4, 0.5) is 13.2 Å². The maximum atomic E-state index is 12.9. The van der Waals surface area contributed by atoms with Gasteiger partial charge in [0.2, 0.25) is 5.88 Å². The first-order chi connectivity index (χ1) is 11.8. The van der Waals surface area contributed by atoms with Crippen LogP contribution in [0.15, 0.2) is 42.6 Å². The molecule has 0 N–H and O–H groups in total. The Morgan fingerprint density at radius 1 is 1.28 bits per heavy atom. The second-order valence-corrected chi connectivity index (χ2v) is 5.15. The summed E-state index contributed by atoms with van der Waals surface area (Å²) in [7, 11) is 1.29. The molecule has 0 aliphatic heterocycles. The first-order valence-corrected chi connectivity index (χ1v) is 7.18. The lowest BCUT2D eigenvalue weighted by atomic mass is 10.1. The fraction of sp³-hybridized carbons (Fsp3) is 0.235. The summed E-state index contributed by atoms with van der Waals surface area (Å²) in [6, 6.07) is 10.7. The van der Waals surface area contributed by atoms with E-state index in [9.17, 15) is 18.0 Å². The number of nitriles is 1. The lowest BCUT2D eigenvalue weighted by Crippen LogP contribution is -2.38. The molecule has 0 fully saturated rings. The van der Waals surface area contributed by atoms with E-state index in [1.807, 2.05) is 6.07 Å². The topological polar surface area (TPSA) is 66.2 Å². The Bertz CT molecular complexity index is 783. The van der Waals surface area contributed by atoms with Crippen LogP contribution in [0.2, 0.25) is 0 Å². The molecule has 0 saturated heterocycles. The van der Waals surface area contributed by atoms with Gasteiger partial charge in [-0.3, -0.25) is 4.79 Å². The molecule has 0 saturated carbocycles. The smallest absolute Gasteiger partial charge is 0.406 e. The molecule has 0 bridgehead atoms. The number of hydrogen-bond donors (Lipinski definition) is 0. The van der Waals surface area contributed by atoms with Crippen molar-refractivity contribution in [3.8, 4) is 11.9 Å². The van der Waals surface area contributed by atoms with Crippen LogP contribution in [0.25, 0.3) is 0 Å². The van der Waals surface area contributed by atoms with Crippen molar-refractivity contribution in [2.75, 3.05) is 13.7 Å². The number of hydrogen-bond acceptors (Lipinski definition) is 4.